The molecule has 1 N–H and O–H groups in total. The van der Waals surface area contributed by atoms with Gasteiger partial charge in [0.2, 0.25) is 0 Å². The van der Waals surface area contributed by atoms with E-state index in [0.29, 0.717) is 11.8 Å². The molecule has 2 amide bonds. The van der Waals surface area contributed by atoms with Crippen LogP contribution in [0.15, 0.2) is 6.07 Å². The van der Waals surface area contributed by atoms with Gasteiger partial charge in [0, 0.05) is 38.7 Å². The van der Waals surface area contributed by atoms with E-state index >= 15 is 0 Å². The highest BCUT2D eigenvalue weighted by atomic mass is 16.5. The van der Waals surface area contributed by atoms with E-state index in [1.807, 2.05) is 25.1 Å². The number of aryl methyl sites for hydroxylation is 1. The van der Waals surface area contributed by atoms with Gasteiger partial charge in [0.15, 0.2) is 0 Å². The smallest absolute Gasteiger partial charge is 0.322 e. The Morgan fingerprint density at radius 3 is 2.76 bits per heavy atom. The summed E-state index contributed by atoms with van der Waals surface area (Å²) in [7, 11) is 3.79. The summed E-state index contributed by atoms with van der Waals surface area (Å²) in [6, 6.07) is 2.21. The SMILES string of the molecule is C[C@H](C1CCCCC1)N(C)C(=O)Nc1cc([C@H]2CCCOC2)nn1C. The van der Waals surface area contributed by atoms with Crippen LogP contribution in [0.2, 0.25) is 0 Å². The summed E-state index contributed by atoms with van der Waals surface area (Å²) in [5, 5.41) is 7.62. The Hall–Kier alpha value is -1.56. The normalized spacial score (nSPS) is 23.2. The van der Waals surface area contributed by atoms with Crippen molar-refractivity contribution in [3.05, 3.63) is 11.8 Å². The number of carbonyl (C=O) groups is 1. The first-order chi connectivity index (χ1) is 12.1. The number of rotatable bonds is 4. The summed E-state index contributed by atoms with van der Waals surface area (Å²) in [5.74, 6) is 1.71. The highest BCUT2D eigenvalue weighted by Crippen LogP contribution is 2.29. The maximum absolute atomic E-state index is 12.7. The zero-order chi connectivity index (χ0) is 17.8. The first-order valence-corrected chi connectivity index (χ1v) is 9.71. The van der Waals surface area contributed by atoms with Gasteiger partial charge in [-0.2, -0.15) is 5.10 Å². The van der Waals surface area contributed by atoms with E-state index in [9.17, 15) is 4.79 Å². The molecule has 2 heterocycles. The summed E-state index contributed by atoms with van der Waals surface area (Å²) in [5.41, 5.74) is 1.01. The number of anilines is 1. The Morgan fingerprint density at radius 2 is 2.08 bits per heavy atom. The average molecular weight is 348 g/mol. The lowest BCUT2D eigenvalue weighted by Crippen LogP contribution is -2.43. The molecule has 0 unspecified atom stereocenters. The fourth-order valence-corrected chi connectivity index (χ4v) is 4.10. The number of hydrogen-bond acceptors (Lipinski definition) is 3. The van der Waals surface area contributed by atoms with E-state index < -0.39 is 0 Å². The summed E-state index contributed by atoms with van der Waals surface area (Å²) in [6.07, 6.45) is 8.56. The van der Waals surface area contributed by atoms with Crippen LogP contribution < -0.4 is 5.32 Å². The molecule has 0 bridgehead atoms. The molecule has 6 nitrogen and oxygen atoms in total. The number of carbonyl (C=O) groups excluding carboxylic acids is 1. The Bertz CT molecular complexity index is 574. The predicted octanol–water partition coefficient (Wildman–Crippen LogP) is 3.75. The number of urea groups is 1. The van der Waals surface area contributed by atoms with Crippen LogP contribution in [0.4, 0.5) is 10.6 Å². The fraction of sp³-hybridized carbons (Fsp3) is 0.789. The van der Waals surface area contributed by atoms with Gasteiger partial charge in [-0.1, -0.05) is 19.3 Å². The van der Waals surface area contributed by atoms with Crippen molar-refractivity contribution >= 4 is 11.8 Å². The van der Waals surface area contributed by atoms with Gasteiger partial charge in [-0.3, -0.25) is 10.00 Å². The van der Waals surface area contributed by atoms with Crippen molar-refractivity contribution in [1.29, 1.82) is 0 Å². The van der Waals surface area contributed by atoms with Gasteiger partial charge in [-0.05, 0) is 38.5 Å². The molecule has 1 aromatic heterocycles. The van der Waals surface area contributed by atoms with Gasteiger partial charge < -0.3 is 9.64 Å². The molecule has 0 radical (unpaired) electrons. The summed E-state index contributed by atoms with van der Waals surface area (Å²) in [6.45, 7) is 3.74. The minimum absolute atomic E-state index is 0.0486. The van der Waals surface area contributed by atoms with E-state index in [4.69, 9.17) is 4.74 Å². The average Bonchev–Trinajstić information content (AvgIpc) is 3.02. The first-order valence-electron chi connectivity index (χ1n) is 9.71. The van der Waals surface area contributed by atoms with Crippen LogP contribution in [-0.4, -0.2) is 47.0 Å². The number of ether oxygens (including phenoxy) is 1. The van der Waals surface area contributed by atoms with Crippen LogP contribution in [0.25, 0.3) is 0 Å². The predicted molar refractivity (Wildman–Crippen MR) is 98.8 cm³/mol. The Balaban J connectivity index is 1.60. The Labute approximate surface area is 150 Å². The lowest BCUT2D eigenvalue weighted by Gasteiger charge is -2.34. The van der Waals surface area contributed by atoms with Gasteiger partial charge >= 0.3 is 6.03 Å². The number of aromatic nitrogens is 2. The lowest BCUT2D eigenvalue weighted by molar-refractivity contribution is 0.0791. The second kappa shape index (κ2) is 8.21. The molecule has 3 rings (SSSR count). The molecule has 0 spiro atoms. The van der Waals surface area contributed by atoms with E-state index in [-0.39, 0.29) is 12.1 Å². The topological polar surface area (TPSA) is 59.4 Å². The van der Waals surface area contributed by atoms with Gasteiger partial charge in [0.05, 0.1) is 12.3 Å². The quantitative estimate of drug-likeness (QED) is 0.901. The van der Waals surface area contributed by atoms with E-state index in [1.54, 1.807) is 4.68 Å². The lowest BCUT2D eigenvalue weighted by atomic mass is 9.84. The molecule has 2 atom stereocenters. The third kappa shape index (κ3) is 4.35. The van der Waals surface area contributed by atoms with Crippen molar-refractivity contribution in [1.82, 2.24) is 14.7 Å². The Morgan fingerprint density at radius 1 is 1.32 bits per heavy atom. The zero-order valence-electron chi connectivity index (χ0n) is 15.8. The summed E-state index contributed by atoms with van der Waals surface area (Å²) < 4.78 is 7.32. The largest absolute Gasteiger partial charge is 0.381 e. The van der Waals surface area contributed by atoms with E-state index in [1.165, 1.54) is 32.1 Å². The zero-order valence-corrected chi connectivity index (χ0v) is 15.8. The van der Waals surface area contributed by atoms with Crippen molar-refractivity contribution in [2.24, 2.45) is 13.0 Å². The van der Waals surface area contributed by atoms with Crippen LogP contribution in [0.3, 0.4) is 0 Å². The van der Waals surface area contributed by atoms with Crippen molar-refractivity contribution < 1.29 is 9.53 Å². The highest BCUT2D eigenvalue weighted by molar-refractivity contribution is 5.88. The molecule has 6 heteroatoms. The number of nitrogens with one attached hydrogen (secondary N) is 1. The molecule has 2 fully saturated rings. The standard InChI is InChI=1S/C19H32N4O2/c1-14(15-8-5-4-6-9-15)22(2)19(24)20-18-12-17(21-23(18)3)16-10-7-11-25-13-16/h12,14-16H,4-11,13H2,1-3H3,(H,20,24)/t14-,16+/m1/s1. The minimum Gasteiger partial charge on any atom is -0.381 e. The molecule has 1 saturated carbocycles. The van der Waals surface area contributed by atoms with Crippen LogP contribution in [0, 0.1) is 5.92 Å². The fourth-order valence-electron chi connectivity index (χ4n) is 4.10. The van der Waals surface area contributed by atoms with Crippen LogP contribution in [0.1, 0.15) is 63.5 Å². The van der Waals surface area contributed by atoms with E-state index in [2.05, 4.69) is 17.3 Å². The molecule has 1 aliphatic carbocycles. The third-order valence-electron chi connectivity index (χ3n) is 5.98. The second-order valence-electron chi connectivity index (χ2n) is 7.67. The van der Waals surface area contributed by atoms with Crippen molar-refractivity contribution in [2.75, 3.05) is 25.6 Å². The summed E-state index contributed by atoms with van der Waals surface area (Å²) >= 11 is 0. The minimum atomic E-state index is -0.0486. The molecular formula is C19H32N4O2. The number of nitrogens with zero attached hydrogens (tertiary/aromatic N) is 3. The van der Waals surface area contributed by atoms with Crippen molar-refractivity contribution in [2.45, 2.75) is 63.8 Å². The maximum atomic E-state index is 12.7. The third-order valence-corrected chi connectivity index (χ3v) is 5.98. The monoisotopic (exact) mass is 348 g/mol. The van der Waals surface area contributed by atoms with Crippen molar-refractivity contribution in [3.8, 4) is 0 Å². The summed E-state index contributed by atoms with van der Waals surface area (Å²) in [4.78, 5) is 14.5. The Kier molecular flexibility index (Phi) is 5.99. The molecule has 1 aliphatic heterocycles. The highest BCUT2D eigenvalue weighted by Gasteiger charge is 2.27. The molecule has 2 aliphatic rings. The number of amides is 2. The molecule has 0 aromatic carbocycles. The van der Waals surface area contributed by atoms with E-state index in [0.717, 1.165) is 37.6 Å². The van der Waals surface area contributed by atoms with Crippen LogP contribution in [-0.2, 0) is 11.8 Å². The number of hydrogen-bond donors (Lipinski definition) is 1. The molecular weight excluding hydrogens is 316 g/mol. The van der Waals surface area contributed by atoms with Crippen LogP contribution >= 0.6 is 0 Å². The van der Waals surface area contributed by atoms with Gasteiger partial charge in [-0.25, -0.2) is 4.79 Å². The maximum Gasteiger partial charge on any atom is 0.322 e. The van der Waals surface area contributed by atoms with Gasteiger partial charge in [0.25, 0.3) is 0 Å². The molecule has 140 valence electrons. The van der Waals surface area contributed by atoms with Gasteiger partial charge in [0.1, 0.15) is 5.82 Å². The second-order valence-corrected chi connectivity index (χ2v) is 7.67. The molecule has 1 saturated heterocycles. The van der Waals surface area contributed by atoms with Gasteiger partial charge in [-0.15, -0.1) is 0 Å². The molecule has 25 heavy (non-hydrogen) atoms. The first kappa shape index (κ1) is 18.2. The molecule has 1 aromatic rings. The van der Waals surface area contributed by atoms with Crippen LogP contribution in [0.5, 0.6) is 0 Å². The van der Waals surface area contributed by atoms with Crippen molar-refractivity contribution in [3.63, 3.8) is 0 Å².